The fourth-order valence-electron chi connectivity index (χ4n) is 2.62. The van der Waals surface area contributed by atoms with Crippen molar-refractivity contribution in [3.05, 3.63) is 58.4 Å². The van der Waals surface area contributed by atoms with Crippen molar-refractivity contribution in [2.45, 2.75) is 5.92 Å². The second-order valence-corrected chi connectivity index (χ2v) is 6.10. The topological polar surface area (TPSA) is 56.9 Å². The van der Waals surface area contributed by atoms with E-state index in [0.717, 1.165) is 5.52 Å². The molecule has 0 aliphatic carbocycles. The maximum absolute atomic E-state index is 11.8. The van der Waals surface area contributed by atoms with Crippen LogP contribution < -0.4 is 10.6 Å². The molecule has 0 saturated heterocycles. The summed E-state index contributed by atoms with van der Waals surface area (Å²) in [7, 11) is 0. The van der Waals surface area contributed by atoms with Crippen molar-refractivity contribution < 1.29 is 4.79 Å². The molecule has 2 aromatic heterocycles. The molecule has 5 heteroatoms. The summed E-state index contributed by atoms with van der Waals surface area (Å²) in [5.74, 6) is 2.49. The molecule has 0 bridgehead atoms. The first-order valence-corrected chi connectivity index (χ1v) is 8.22. The molecule has 1 atom stereocenters. The fraction of sp³-hybridized carbons (Fsp3) is 0.167. The first kappa shape index (κ1) is 15.2. The van der Waals surface area contributed by atoms with E-state index in [1.54, 1.807) is 11.3 Å². The number of carbonyl (C=O) groups is 1. The molecule has 0 aliphatic rings. The second kappa shape index (κ2) is 7.03. The summed E-state index contributed by atoms with van der Waals surface area (Å²) in [6, 6.07) is 12.1. The summed E-state index contributed by atoms with van der Waals surface area (Å²) in [4.78, 5) is 16.3. The van der Waals surface area contributed by atoms with Crippen LogP contribution in [-0.4, -0.2) is 24.1 Å². The van der Waals surface area contributed by atoms with E-state index in [2.05, 4.69) is 45.1 Å². The van der Waals surface area contributed by atoms with Crippen molar-refractivity contribution in [3.8, 4) is 12.3 Å². The van der Waals surface area contributed by atoms with E-state index in [0.29, 0.717) is 6.54 Å². The van der Waals surface area contributed by atoms with E-state index in [9.17, 15) is 4.79 Å². The van der Waals surface area contributed by atoms with Gasteiger partial charge in [-0.1, -0.05) is 30.2 Å². The Morgan fingerprint density at radius 1 is 1.26 bits per heavy atom. The quantitative estimate of drug-likeness (QED) is 0.620. The van der Waals surface area contributed by atoms with Gasteiger partial charge in [-0.25, -0.2) is 4.79 Å². The first-order chi connectivity index (χ1) is 11.3. The normalized spacial score (nSPS) is 11.8. The molecule has 3 aromatic rings. The van der Waals surface area contributed by atoms with Crippen molar-refractivity contribution in [1.82, 2.24) is 15.6 Å². The number of terminal acetylenes is 1. The zero-order valence-electron chi connectivity index (χ0n) is 12.5. The Hall–Kier alpha value is -2.71. The van der Waals surface area contributed by atoms with Crippen LogP contribution in [0.5, 0.6) is 0 Å². The highest BCUT2D eigenvalue weighted by Gasteiger charge is 2.19. The Labute approximate surface area is 138 Å². The van der Waals surface area contributed by atoms with Crippen molar-refractivity contribution >= 4 is 28.3 Å². The van der Waals surface area contributed by atoms with E-state index in [1.807, 2.05) is 24.4 Å². The third-order valence-electron chi connectivity index (χ3n) is 3.70. The van der Waals surface area contributed by atoms with Crippen molar-refractivity contribution in [1.29, 1.82) is 0 Å². The maximum Gasteiger partial charge on any atom is 0.315 e. The highest BCUT2D eigenvalue weighted by atomic mass is 32.1. The van der Waals surface area contributed by atoms with E-state index in [-0.39, 0.29) is 18.5 Å². The number of hydrogen-bond donors (Lipinski definition) is 3. The third-order valence-corrected chi connectivity index (χ3v) is 4.69. The predicted octanol–water partition coefficient (Wildman–Crippen LogP) is 3.29. The number of aromatic nitrogens is 1. The minimum atomic E-state index is -0.246. The summed E-state index contributed by atoms with van der Waals surface area (Å²) < 4.78 is 0. The highest BCUT2D eigenvalue weighted by molar-refractivity contribution is 7.10. The molecule has 4 nitrogen and oxygen atoms in total. The molecule has 0 saturated carbocycles. The number of carbonyl (C=O) groups excluding carboxylic acids is 1. The van der Waals surface area contributed by atoms with Crippen LogP contribution in [0, 0.1) is 12.3 Å². The Morgan fingerprint density at radius 2 is 2.13 bits per heavy atom. The number of fused-ring (bicyclic) bond motifs is 1. The van der Waals surface area contributed by atoms with Gasteiger partial charge >= 0.3 is 6.03 Å². The van der Waals surface area contributed by atoms with E-state index in [4.69, 9.17) is 6.42 Å². The van der Waals surface area contributed by atoms with E-state index < -0.39 is 0 Å². The summed E-state index contributed by atoms with van der Waals surface area (Å²) >= 11 is 1.69. The van der Waals surface area contributed by atoms with Gasteiger partial charge in [0.15, 0.2) is 0 Å². The highest BCUT2D eigenvalue weighted by Crippen LogP contribution is 2.32. The molecule has 2 heterocycles. The van der Waals surface area contributed by atoms with Crippen molar-refractivity contribution in [2.24, 2.45) is 0 Å². The van der Waals surface area contributed by atoms with Gasteiger partial charge in [-0.3, -0.25) is 0 Å². The number of nitrogens with one attached hydrogen (secondary N) is 3. The van der Waals surface area contributed by atoms with Crippen LogP contribution in [0.15, 0.2) is 48.0 Å². The van der Waals surface area contributed by atoms with Gasteiger partial charge in [0.2, 0.25) is 0 Å². The molecule has 0 fully saturated rings. The van der Waals surface area contributed by atoms with Crippen molar-refractivity contribution in [2.75, 3.05) is 13.1 Å². The Kier molecular flexibility index (Phi) is 4.65. The van der Waals surface area contributed by atoms with Gasteiger partial charge in [0, 0.05) is 34.4 Å². The van der Waals surface area contributed by atoms with Crippen LogP contribution in [0.4, 0.5) is 4.79 Å². The molecule has 1 aromatic carbocycles. The number of para-hydroxylation sites is 1. The Bertz CT molecular complexity index is 829. The molecular weight excluding hydrogens is 306 g/mol. The average molecular weight is 323 g/mol. The average Bonchev–Trinajstić information content (AvgIpc) is 3.24. The minimum Gasteiger partial charge on any atom is -0.361 e. The van der Waals surface area contributed by atoms with Crippen LogP contribution in [0.25, 0.3) is 10.9 Å². The monoisotopic (exact) mass is 323 g/mol. The molecule has 23 heavy (non-hydrogen) atoms. The Balaban J connectivity index is 1.85. The number of urea groups is 1. The number of rotatable bonds is 5. The molecular formula is C18H17N3OS. The minimum absolute atomic E-state index is 0.0998. The van der Waals surface area contributed by atoms with Crippen LogP contribution >= 0.6 is 11.3 Å². The molecule has 0 radical (unpaired) electrons. The third kappa shape index (κ3) is 3.38. The molecule has 0 aliphatic heterocycles. The number of thiophene rings is 1. The van der Waals surface area contributed by atoms with Gasteiger partial charge in [-0.15, -0.1) is 17.8 Å². The number of benzene rings is 1. The summed E-state index contributed by atoms with van der Waals surface area (Å²) in [6.07, 6.45) is 7.18. The summed E-state index contributed by atoms with van der Waals surface area (Å²) in [6.45, 7) is 0.737. The van der Waals surface area contributed by atoms with Crippen LogP contribution in [0.2, 0.25) is 0 Å². The lowest BCUT2D eigenvalue weighted by atomic mass is 9.97. The number of amides is 2. The summed E-state index contributed by atoms with van der Waals surface area (Å²) in [5, 5.41) is 8.76. The largest absolute Gasteiger partial charge is 0.361 e. The molecule has 1 unspecified atom stereocenters. The summed E-state index contributed by atoms with van der Waals surface area (Å²) in [5.41, 5.74) is 2.28. The van der Waals surface area contributed by atoms with Gasteiger partial charge in [0.1, 0.15) is 0 Å². The zero-order valence-corrected chi connectivity index (χ0v) is 13.3. The van der Waals surface area contributed by atoms with Gasteiger partial charge in [0.25, 0.3) is 0 Å². The molecule has 3 N–H and O–H groups in total. The van der Waals surface area contributed by atoms with Gasteiger partial charge in [0.05, 0.1) is 6.54 Å². The van der Waals surface area contributed by atoms with Crippen LogP contribution in [-0.2, 0) is 0 Å². The van der Waals surface area contributed by atoms with Gasteiger partial charge < -0.3 is 15.6 Å². The fourth-order valence-corrected chi connectivity index (χ4v) is 3.47. The SMILES string of the molecule is C#CCNC(=O)NCC(c1cccs1)c1c[nH]c2ccccc12. The molecule has 0 spiro atoms. The lowest BCUT2D eigenvalue weighted by molar-refractivity contribution is 0.242. The molecule has 3 rings (SSSR count). The smallest absolute Gasteiger partial charge is 0.315 e. The van der Waals surface area contributed by atoms with Crippen LogP contribution in [0.1, 0.15) is 16.4 Å². The number of aromatic amines is 1. The molecule has 116 valence electrons. The van der Waals surface area contributed by atoms with E-state index in [1.165, 1.54) is 15.8 Å². The van der Waals surface area contributed by atoms with Gasteiger partial charge in [-0.2, -0.15) is 0 Å². The molecule has 2 amide bonds. The zero-order chi connectivity index (χ0) is 16.1. The maximum atomic E-state index is 11.8. The Morgan fingerprint density at radius 3 is 2.91 bits per heavy atom. The first-order valence-electron chi connectivity index (χ1n) is 7.34. The van der Waals surface area contributed by atoms with E-state index >= 15 is 0 Å². The van der Waals surface area contributed by atoms with Crippen molar-refractivity contribution in [3.63, 3.8) is 0 Å². The number of hydrogen-bond acceptors (Lipinski definition) is 2. The lowest BCUT2D eigenvalue weighted by Gasteiger charge is -2.16. The standard InChI is InChI=1S/C18H17N3OS/c1-2-9-19-18(22)21-12-15(17-8-5-10-23-17)14-11-20-16-7-4-3-6-13(14)16/h1,3-8,10-11,15,20H,9,12H2,(H2,19,21,22). The second-order valence-electron chi connectivity index (χ2n) is 5.13. The number of H-pyrrole nitrogens is 1. The van der Waals surface area contributed by atoms with Crippen LogP contribution in [0.3, 0.4) is 0 Å². The predicted molar refractivity (Wildman–Crippen MR) is 94.7 cm³/mol. The van der Waals surface area contributed by atoms with Gasteiger partial charge in [-0.05, 0) is 23.1 Å². The lowest BCUT2D eigenvalue weighted by Crippen LogP contribution is -2.38.